The summed E-state index contributed by atoms with van der Waals surface area (Å²) in [5, 5.41) is 2.94. The van der Waals surface area contributed by atoms with E-state index in [1.165, 1.54) is 0 Å². The van der Waals surface area contributed by atoms with E-state index in [0.29, 0.717) is 5.56 Å². The van der Waals surface area contributed by atoms with Gasteiger partial charge in [-0.05, 0) is 44.0 Å². The van der Waals surface area contributed by atoms with Crippen molar-refractivity contribution in [1.82, 2.24) is 14.7 Å². The molecule has 0 bridgehead atoms. The number of piperazine rings is 1. The Morgan fingerprint density at radius 1 is 1.07 bits per heavy atom. The third-order valence-corrected chi connectivity index (χ3v) is 5.70. The van der Waals surface area contributed by atoms with E-state index in [9.17, 15) is 9.59 Å². The standard InChI is InChI=1S/C22H34N4O2/c1-3-10-26(16-15-25-13-11-24(4-2)12-14-25)22(28)19-6-5-7-20(17-19)23-21(27)18-8-9-18/h5-7,17-18H,3-4,8-16H2,1-2H3,(H,23,27). The average Bonchev–Trinajstić information content (AvgIpc) is 3.57. The van der Waals surface area contributed by atoms with E-state index in [4.69, 9.17) is 0 Å². The van der Waals surface area contributed by atoms with Crippen LogP contribution in [0.5, 0.6) is 0 Å². The van der Waals surface area contributed by atoms with Gasteiger partial charge in [0.05, 0.1) is 0 Å². The Kier molecular flexibility index (Phi) is 7.45. The fourth-order valence-electron chi connectivity index (χ4n) is 3.68. The van der Waals surface area contributed by atoms with Gasteiger partial charge in [0, 0.05) is 63.0 Å². The molecule has 28 heavy (non-hydrogen) atoms. The van der Waals surface area contributed by atoms with Crippen LogP contribution in [-0.2, 0) is 4.79 Å². The molecule has 1 aliphatic carbocycles. The Morgan fingerprint density at radius 3 is 2.43 bits per heavy atom. The Labute approximate surface area is 168 Å². The van der Waals surface area contributed by atoms with Crippen molar-refractivity contribution in [2.75, 3.05) is 57.7 Å². The summed E-state index contributed by atoms with van der Waals surface area (Å²) in [4.78, 5) is 31.9. The van der Waals surface area contributed by atoms with Gasteiger partial charge in [0.2, 0.25) is 5.91 Å². The predicted octanol–water partition coefficient (Wildman–Crippen LogP) is 2.52. The zero-order chi connectivity index (χ0) is 19.9. The van der Waals surface area contributed by atoms with Gasteiger partial charge in [-0.2, -0.15) is 0 Å². The zero-order valence-corrected chi connectivity index (χ0v) is 17.3. The second kappa shape index (κ2) is 10.0. The van der Waals surface area contributed by atoms with Crippen LogP contribution in [0.1, 0.15) is 43.5 Å². The third-order valence-electron chi connectivity index (χ3n) is 5.70. The summed E-state index contributed by atoms with van der Waals surface area (Å²) in [6.07, 6.45) is 2.88. The average molecular weight is 387 g/mol. The quantitative estimate of drug-likeness (QED) is 0.709. The largest absolute Gasteiger partial charge is 0.337 e. The molecule has 1 saturated heterocycles. The normalized spacial score (nSPS) is 18.1. The first-order valence-corrected chi connectivity index (χ1v) is 10.8. The first-order valence-electron chi connectivity index (χ1n) is 10.8. The minimum Gasteiger partial charge on any atom is -0.337 e. The number of likely N-dealkylation sites (N-methyl/N-ethyl adjacent to an activating group) is 1. The lowest BCUT2D eigenvalue weighted by molar-refractivity contribution is -0.117. The summed E-state index contributed by atoms with van der Waals surface area (Å²) >= 11 is 0. The van der Waals surface area contributed by atoms with Crippen molar-refractivity contribution in [3.05, 3.63) is 29.8 Å². The van der Waals surface area contributed by atoms with Crippen LogP contribution in [0.3, 0.4) is 0 Å². The van der Waals surface area contributed by atoms with Crippen LogP contribution in [0.2, 0.25) is 0 Å². The Bertz CT molecular complexity index is 666. The van der Waals surface area contributed by atoms with Crippen molar-refractivity contribution in [1.29, 1.82) is 0 Å². The third kappa shape index (κ3) is 5.79. The number of nitrogens with zero attached hydrogens (tertiary/aromatic N) is 3. The summed E-state index contributed by atoms with van der Waals surface area (Å²) in [7, 11) is 0. The molecule has 2 fully saturated rings. The predicted molar refractivity (Wildman–Crippen MR) is 113 cm³/mol. The lowest BCUT2D eigenvalue weighted by atomic mass is 10.1. The summed E-state index contributed by atoms with van der Waals surface area (Å²) in [5.74, 6) is 0.280. The number of rotatable bonds is 9. The van der Waals surface area contributed by atoms with Gasteiger partial charge in [-0.3, -0.25) is 14.5 Å². The molecule has 0 radical (unpaired) electrons. The van der Waals surface area contributed by atoms with Crippen LogP contribution in [-0.4, -0.2) is 78.9 Å². The molecular formula is C22H34N4O2. The van der Waals surface area contributed by atoms with E-state index in [2.05, 4.69) is 29.0 Å². The molecule has 1 aliphatic heterocycles. The van der Waals surface area contributed by atoms with Crippen LogP contribution >= 0.6 is 0 Å². The van der Waals surface area contributed by atoms with Crippen LogP contribution in [0.25, 0.3) is 0 Å². The maximum Gasteiger partial charge on any atom is 0.253 e. The number of carbonyl (C=O) groups excluding carboxylic acids is 2. The van der Waals surface area contributed by atoms with Gasteiger partial charge in [-0.15, -0.1) is 0 Å². The highest BCUT2D eigenvalue weighted by Crippen LogP contribution is 2.30. The monoisotopic (exact) mass is 386 g/mol. The number of anilines is 1. The van der Waals surface area contributed by atoms with Gasteiger partial charge in [-0.1, -0.05) is 19.9 Å². The van der Waals surface area contributed by atoms with Crippen molar-refractivity contribution in [2.45, 2.75) is 33.1 Å². The molecule has 0 aromatic heterocycles. The Morgan fingerprint density at radius 2 is 1.79 bits per heavy atom. The number of benzene rings is 1. The lowest BCUT2D eigenvalue weighted by Gasteiger charge is -2.35. The fourth-order valence-corrected chi connectivity index (χ4v) is 3.68. The maximum atomic E-state index is 13.1. The topological polar surface area (TPSA) is 55.9 Å². The molecular weight excluding hydrogens is 352 g/mol. The zero-order valence-electron chi connectivity index (χ0n) is 17.3. The van der Waals surface area contributed by atoms with Gasteiger partial charge < -0.3 is 15.1 Å². The van der Waals surface area contributed by atoms with Gasteiger partial charge >= 0.3 is 0 Å². The van der Waals surface area contributed by atoms with Crippen molar-refractivity contribution >= 4 is 17.5 Å². The minimum atomic E-state index is 0.0524. The molecule has 0 atom stereocenters. The molecule has 154 valence electrons. The number of hydrogen-bond donors (Lipinski definition) is 1. The molecule has 1 aromatic rings. The van der Waals surface area contributed by atoms with Crippen LogP contribution in [0, 0.1) is 5.92 Å². The van der Waals surface area contributed by atoms with Gasteiger partial charge in [-0.25, -0.2) is 0 Å². The molecule has 0 spiro atoms. The van der Waals surface area contributed by atoms with Crippen molar-refractivity contribution in [2.24, 2.45) is 5.92 Å². The summed E-state index contributed by atoms with van der Waals surface area (Å²) in [6, 6.07) is 7.36. The summed E-state index contributed by atoms with van der Waals surface area (Å²) in [5.41, 5.74) is 1.37. The Balaban J connectivity index is 1.56. The molecule has 2 amide bonds. The van der Waals surface area contributed by atoms with Crippen LogP contribution < -0.4 is 5.32 Å². The minimum absolute atomic E-state index is 0.0524. The molecule has 1 saturated carbocycles. The first-order chi connectivity index (χ1) is 13.6. The highest BCUT2D eigenvalue weighted by atomic mass is 16.2. The van der Waals surface area contributed by atoms with E-state index >= 15 is 0 Å². The molecule has 3 rings (SSSR count). The van der Waals surface area contributed by atoms with Crippen molar-refractivity contribution < 1.29 is 9.59 Å². The highest BCUT2D eigenvalue weighted by molar-refractivity contribution is 5.98. The fraction of sp³-hybridized carbons (Fsp3) is 0.636. The summed E-state index contributed by atoms with van der Waals surface area (Å²) < 4.78 is 0. The van der Waals surface area contributed by atoms with Gasteiger partial charge in [0.15, 0.2) is 0 Å². The number of hydrogen-bond acceptors (Lipinski definition) is 4. The smallest absolute Gasteiger partial charge is 0.253 e. The van der Waals surface area contributed by atoms with E-state index in [1.807, 2.05) is 29.2 Å². The van der Waals surface area contributed by atoms with Crippen LogP contribution in [0.4, 0.5) is 5.69 Å². The van der Waals surface area contributed by atoms with Gasteiger partial charge in [0.25, 0.3) is 5.91 Å². The molecule has 1 N–H and O–H groups in total. The molecule has 1 aromatic carbocycles. The lowest BCUT2D eigenvalue weighted by Crippen LogP contribution is -2.48. The van der Waals surface area contributed by atoms with E-state index < -0.39 is 0 Å². The van der Waals surface area contributed by atoms with Crippen LogP contribution in [0.15, 0.2) is 24.3 Å². The molecule has 6 nitrogen and oxygen atoms in total. The second-order valence-electron chi connectivity index (χ2n) is 7.91. The summed E-state index contributed by atoms with van der Waals surface area (Å²) in [6.45, 7) is 12.2. The van der Waals surface area contributed by atoms with Crippen molar-refractivity contribution in [3.63, 3.8) is 0 Å². The SMILES string of the molecule is CCCN(CCN1CCN(CC)CC1)C(=O)c1cccc(NC(=O)C2CC2)c1. The maximum absolute atomic E-state index is 13.1. The molecule has 2 aliphatic rings. The highest BCUT2D eigenvalue weighted by Gasteiger charge is 2.29. The Hall–Kier alpha value is -1.92. The van der Waals surface area contributed by atoms with Gasteiger partial charge in [0.1, 0.15) is 0 Å². The molecule has 6 heteroatoms. The van der Waals surface area contributed by atoms with E-state index in [0.717, 1.165) is 77.3 Å². The molecule has 0 unspecified atom stereocenters. The van der Waals surface area contributed by atoms with E-state index in [-0.39, 0.29) is 17.7 Å². The number of carbonyl (C=O) groups is 2. The molecule has 1 heterocycles. The first kappa shape index (κ1) is 20.8. The number of amides is 2. The number of nitrogens with one attached hydrogen (secondary N) is 1. The van der Waals surface area contributed by atoms with E-state index in [1.54, 1.807) is 0 Å². The van der Waals surface area contributed by atoms with Crippen molar-refractivity contribution in [3.8, 4) is 0 Å². The second-order valence-corrected chi connectivity index (χ2v) is 7.91.